The number of pyridine rings is 1. The first-order chi connectivity index (χ1) is 14.1. The van der Waals surface area contributed by atoms with Crippen LogP contribution in [-0.2, 0) is 17.8 Å². The van der Waals surface area contributed by atoms with E-state index >= 15 is 0 Å². The molecule has 3 fully saturated rings. The molecule has 2 aromatic rings. The maximum Gasteiger partial charge on any atom is 0.223 e. The van der Waals surface area contributed by atoms with Crippen LogP contribution in [0.2, 0.25) is 0 Å². The smallest absolute Gasteiger partial charge is 0.223 e. The number of rotatable bonds is 6. The van der Waals surface area contributed by atoms with Crippen LogP contribution in [0.3, 0.4) is 0 Å². The van der Waals surface area contributed by atoms with Crippen molar-refractivity contribution >= 4 is 11.6 Å². The lowest BCUT2D eigenvalue weighted by atomic mass is 9.94. The Labute approximate surface area is 174 Å². The molecule has 5 nitrogen and oxygen atoms in total. The fourth-order valence-corrected chi connectivity index (χ4v) is 4.72. The van der Waals surface area contributed by atoms with E-state index in [0.29, 0.717) is 24.3 Å². The van der Waals surface area contributed by atoms with Crippen LogP contribution in [0, 0.1) is 5.92 Å². The highest BCUT2D eigenvalue weighted by molar-refractivity contribution is 5.77. The second-order valence-electron chi connectivity index (χ2n) is 8.76. The number of amides is 1. The molecule has 1 amide bonds. The number of hydrogen-bond donors (Lipinski definition) is 0. The van der Waals surface area contributed by atoms with Gasteiger partial charge in [-0.05, 0) is 54.5 Å². The van der Waals surface area contributed by atoms with E-state index in [4.69, 9.17) is 0 Å². The minimum Gasteiger partial charge on any atom is -0.378 e. The Morgan fingerprint density at radius 2 is 1.90 bits per heavy atom. The van der Waals surface area contributed by atoms with E-state index in [2.05, 4.69) is 50.0 Å². The third-order valence-corrected chi connectivity index (χ3v) is 6.32. The third-order valence-electron chi connectivity index (χ3n) is 6.32. The van der Waals surface area contributed by atoms with Gasteiger partial charge in [-0.1, -0.05) is 18.2 Å². The Bertz CT molecular complexity index is 805. The molecular weight excluding hydrogens is 360 g/mol. The number of benzene rings is 1. The van der Waals surface area contributed by atoms with Crippen LogP contribution < -0.4 is 4.90 Å². The van der Waals surface area contributed by atoms with E-state index in [0.717, 1.165) is 39.0 Å². The van der Waals surface area contributed by atoms with Crippen molar-refractivity contribution in [3.8, 4) is 0 Å². The highest BCUT2D eigenvalue weighted by Gasteiger charge is 2.36. The van der Waals surface area contributed by atoms with E-state index in [1.807, 2.05) is 32.6 Å². The largest absolute Gasteiger partial charge is 0.378 e. The molecule has 3 aliphatic heterocycles. The lowest BCUT2D eigenvalue weighted by molar-refractivity contribution is -0.135. The quantitative estimate of drug-likeness (QED) is 0.757. The van der Waals surface area contributed by atoms with Crippen molar-refractivity contribution < 1.29 is 4.79 Å². The van der Waals surface area contributed by atoms with Crippen LogP contribution in [-0.4, -0.2) is 60.5 Å². The van der Waals surface area contributed by atoms with Gasteiger partial charge < -0.3 is 9.80 Å². The molecule has 4 heterocycles. The molecule has 0 unspecified atom stereocenters. The summed E-state index contributed by atoms with van der Waals surface area (Å²) < 4.78 is 0. The zero-order chi connectivity index (χ0) is 20.2. The van der Waals surface area contributed by atoms with Gasteiger partial charge in [0.05, 0.1) is 0 Å². The number of piperidine rings is 1. The van der Waals surface area contributed by atoms with Gasteiger partial charge in [0.1, 0.15) is 0 Å². The summed E-state index contributed by atoms with van der Waals surface area (Å²) in [6.07, 6.45) is 7.58. The van der Waals surface area contributed by atoms with E-state index in [1.165, 1.54) is 23.2 Å². The number of carbonyl (C=O) groups is 1. The van der Waals surface area contributed by atoms with E-state index in [9.17, 15) is 4.79 Å². The first kappa shape index (κ1) is 19.9. The van der Waals surface area contributed by atoms with Crippen molar-refractivity contribution in [3.05, 3.63) is 59.9 Å². The molecule has 3 aliphatic rings. The highest BCUT2D eigenvalue weighted by Crippen LogP contribution is 2.29. The SMILES string of the molecule is CN(C)c1ccc(CCC(=O)N2C[C@H]3CC[C@@H]2CN(Cc2cccnc2)C3)cc1. The van der Waals surface area contributed by atoms with Gasteiger partial charge in [-0.2, -0.15) is 0 Å². The first-order valence-corrected chi connectivity index (χ1v) is 10.8. The first-order valence-electron chi connectivity index (χ1n) is 10.8. The van der Waals surface area contributed by atoms with E-state index in [-0.39, 0.29) is 0 Å². The van der Waals surface area contributed by atoms with Crippen LogP contribution in [0.25, 0.3) is 0 Å². The molecule has 0 radical (unpaired) electrons. The number of aryl methyl sites for hydroxylation is 1. The van der Waals surface area contributed by atoms with Gasteiger partial charge in [0, 0.05) is 70.8 Å². The van der Waals surface area contributed by atoms with Gasteiger partial charge in [0.25, 0.3) is 0 Å². The summed E-state index contributed by atoms with van der Waals surface area (Å²) in [6.45, 7) is 3.92. The topological polar surface area (TPSA) is 39.7 Å². The van der Waals surface area contributed by atoms with Crippen LogP contribution in [0.1, 0.15) is 30.4 Å². The molecule has 1 aromatic carbocycles. The average Bonchev–Trinajstić information content (AvgIpc) is 3.03. The summed E-state index contributed by atoms with van der Waals surface area (Å²) in [4.78, 5) is 24.1. The van der Waals surface area contributed by atoms with Crippen molar-refractivity contribution in [2.45, 2.75) is 38.3 Å². The molecule has 5 heteroatoms. The molecule has 154 valence electrons. The molecule has 0 N–H and O–H groups in total. The predicted molar refractivity (Wildman–Crippen MR) is 117 cm³/mol. The summed E-state index contributed by atoms with van der Waals surface area (Å²) in [7, 11) is 4.09. The molecule has 0 aliphatic carbocycles. The maximum absolute atomic E-state index is 13.0. The Kier molecular flexibility index (Phi) is 6.14. The number of hydrogen-bond acceptors (Lipinski definition) is 4. The number of aromatic nitrogens is 1. The molecule has 3 saturated heterocycles. The van der Waals surface area contributed by atoms with E-state index < -0.39 is 0 Å². The fraction of sp³-hybridized carbons (Fsp3) is 0.500. The Morgan fingerprint density at radius 3 is 2.62 bits per heavy atom. The van der Waals surface area contributed by atoms with Crippen LogP contribution >= 0.6 is 0 Å². The zero-order valence-corrected chi connectivity index (χ0v) is 17.6. The van der Waals surface area contributed by atoms with Gasteiger partial charge >= 0.3 is 0 Å². The van der Waals surface area contributed by atoms with Crippen molar-refractivity contribution in [1.82, 2.24) is 14.8 Å². The van der Waals surface area contributed by atoms with Crippen molar-refractivity contribution in [3.63, 3.8) is 0 Å². The van der Waals surface area contributed by atoms with Gasteiger partial charge in [-0.25, -0.2) is 0 Å². The minimum atomic E-state index is 0.319. The lowest BCUT2D eigenvalue weighted by Crippen LogP contribution is -2.47. The van der Waals surface area contributed by atoms with Crippen LogP contribution in [0.4, 0.5) is 5.69 Å². The molecule has 1 aromatic heterocycles. The van der Waals surface area contributed by atoms with Gasteiger partial charge in [-0.3, -0.25) is 14.7 Å². The minimum absolute atomic E-state index is 0.319. The Morgan fingerprint density at radius 1 is 1.07 bits per heavy atom. The average molecular weight is 393 g/mol. The lowest BCUT2D eigenvalue weighted by Gasteiger charge is -2.36. The monoisotopic (exact) mass is 392 g/mol. The zero-order valence-electron chi connectivity index (χ0n) is 17.6. The fourth-order valence-electron chi connectivity index (χ4n) is 4.72. The number of fused-ring (bicyclic) bond motifs is 4. The number of anilines is 1. The molecular formula is C24H32N4O. The van der Waals surface area contributed by atoms with E-state index in [1.54, 1.807) is 0 Å². The molecule has 29 heavy (non-hydrogen) atoms. The molecule has 5 rings (SSSR count). The standard InChI is InChI=1S/C24H32N4O/c1-26(2)22-9-5-19(6-10-22)8-12-24(29)28-17-21-7-11-23(28)18-27(16-21)15-20-4-3-13-25-14-20/h3-6,9-10,13-14,21,23H,7-8,11-12,15-18H2,1-2H3/t21-,23+/m0/s1. The number of carbonyl (C=O) groups excluding carboxylic acids is 1. The van der Waals surface area contributed by atoms with Gasteiger partial charge in [0.15, 0.2) is 0 Å². The molecule has 0 saturated carbocycles. The second kappa shape index (κ2) is 8.95. The maximum atomic E-state index is 13.0. The summed E-state index contributed by atoms with van der Waals surface area (Å²) in [5.74, 6) is 0.911. The predicted octanol–water partition coefficient (Wildman–Crippen LogP) is 3.20. The Hall–Kier alpha value is -2.40. The summed E-state index contributed by atoms with van der Waals surface area (Å²) in [5.41, 5.74) is 3.69. The highest BCUT2D eigenvalue weighted by atomic mass is 16.2. The van der Waals surface area contributed by atoms with Gasteiger partial charge in [0.2, 0.25) is 5.91 Å². The van der Waals surface area contributed by atoms with Crippen LogP contribution in [0.5, 0.6) is 0 Å². The summed E-state index contributed by atoms with van der Waals surface area (Å²) >= 11 is 0. The molecule has 0 spiro atoms. The summed E-state index contributed by atoms with van der Waals surface area (Å²) in [6, 6.07) is 13.1. The van der Waals surface area contributed by atoms with Crippen molar-refractivity contribution in [2.24, 2.45) is 5.92 Å². The molecule has 2 bridgehead atoms. The van der Waals surface area contributed by atoms with Crippen molar-refractivity contribution in [1.29, 1.82) is 0 Å². The van der Waals surface area contributed by atoms with Gasteiger partial charge in [-0.15, -0.1) is 0 Å². The normalized spacial score (nSPS) is 21.8. The second-order valence-corrected chi connectivity index (χ2v) is 8.76. The Balaban J connectivity index is 1.34. The van der Waals surface area contributed by atoms with Crippen LogP contribution in [0.15, 0.2) is 48.8 Å². The third kappa shape index (κ3) is 4.96. The number of nitrogens with zero attached hydrogens (tertiary/aromatic N) is 4. The summed E-state index contributed by atoms with van der Waals surface area (Å²) in [5, 5.41) is 0. The molecule has 2 atom stereocenters. The van der Waals surface area contributed by atoms with Crippen molar-refractivity contribution in [2.75, 3.05) is 38.6 Å².